The summed E-state index contributed by atoms with van der Waals surface area (Å²) in [5, 5.41) is 3.42. The van der Waals surface area contributed by atoms with Crippen LogP contribution in [0.5, 0.6) is 11.5 Å². The molecule has 0 aliphatic heterocycles. The van der Waals surface area contributed by atoms with E-state index in [0.717, 1.165) is 22.7 Å². The second kappa shape index (κ2) is 8.29. The summed E-state index contributed by atoms with van der Waals surface area (Å²) in [7, 11) is 3.35. The monoisotopic (exact) mass is 301 g/mol. The van der Waals surface area contributed by atoms with E-state index in [0.29, 0.717) is 19.8 Å². The molecule has 0 fully saturated rings. The van der Waals surface area contributed by atoms with E-state index in [4.69, 9.17) is 14.2 Å². The maximum Gasteiger partial charge on any atom is 0.141 e. The standard InChI is InChI=1S/C18H23NO3/c1-14-8-9-18(21-3)16(12-14)19-13-15-6-4-5-7-17(15)22-11-10-20-2/h4-9,12,19H,10-11,13H2,1-3H3. The van der Waals surface area contributed by atoms with Crippen LogP contribution in [-0.4, -0.2) is 27.4 Å². The molecule has 4 heteroatoms. The molecule has 2 aromatic rings. The second-order valence-electron chi connectivity index (χ2n) is 5.01. The Bertz CT molecular complexity index is 599. The molecule has 4 nitrogen and oxygen atoms in total. The second-order valence-corrected chi connectivity index (χ2v) is 5.01. The molecule has 0 saturated heterocycles. The highest BCUT2D eigenvalue weighted by Gasteiger charge is 2.06. The van der Waals surface area contributed by atoms with Gasteiger partial charge in [0.25, 0.3) is 0 Å². The predicted octanol–water partition coefficient (Wildman–Crippen LogP) is 3.64. The molecule has 118 valence electrons. The Balaban J connectivity index is 2.06. The average molecular weight is 301 g/mol. The molecule has 1 N–H and O–H groups in total. The van der Waals surface area contributed by atoms with Crippen LogP contribution >= 0.6 is 0 Å². The van der Waals surface area contributed by atoms with Gasteiger partial charge < -0.3 is 19.5 Å². The zero-order valence-electron chi connectivity index (χ0n) is 13.4. The van der Waals surface area contributed by atoms with Crippen LogP contribution in [0, 0.1) is 6.92 Å². The van der Waals surface area contributed by atoms with Gasteiger partial charge in [-0.15, -0.1) is 0 Å². The van der Waals surface area contributed by atoms with Crippen LogP contribution in [0.1, 0.15) is 11.1 Å². The van der Waals surface area contributed by atoms with Crippen LogP contribution in [0.15, 0.2) is 42.5 Å². The smallest absolute Gasteiger partial charge is 0.141 e. The molecule has 0 bridgehead atoms. The van der Waals surface area contributed by atoms with Crippen LogP contribution < -0.4 is 14.8 Å². The number of nitrogens with one attached hydrogen (secondary N) is 1. The molecule has 0 spiro atoms. The minimum absolute atomic E-state index is 0.543. The van der Waals surface area contributed by atoms with E-state index in [9.17, 15) is 0 Å². The van der Waals surface area contributed by atoms with Gasteiger partial charge in [-0.25, -0.2) is 0 Å². The Morgan fingerprint density at radius 3 is 2.55 bits per heavy atom. The first-order chi connectivity index (χ1) is 10.7. The van der Waals surface area contributed by atoms with Crippen LogP contribution in [0.25, 0.3) is 0 Å². The van der Waals surface area contributed by atoms with Gasteiger partial charge in [0.15, 0.2) is 0 Å². The summed E-state index contributed by atoms with van der Waals surface area (Å²) in [6, 6.07) is 14.1. The first-order valence-electron chi connectivity index (χ1n) is 7.32. The normalized spacial score (nSPS) is 10.3. The van der Waals surface area contributed by atoms with Crippen molar-refractivity contribution in [3.63, 3.8) is 0 Å². The third kappa shape index (κ3) is 4.40. The molecule has 0 saturated carbocycles. The van der Waals surface area contributed by atoms with Gasteiger partial charge in [-0.05, 0) is 30.7 Å². The summed E-state index contributed by atoms with van der Waals surface area (Å²) in [5.74, 6) is 1.71. The van der Waals surface area contributed by atoms with Crippen molar-refractivity contribution in [3.05, 3.63) is 53.6 Å². The number of anilines is 1. The van der Waals surface area contributed by atoms with Crippen molar-refractivity contribution in [2.75, 3.05) is 32.8 Å². The van der Waals surface area contributed by atoms with E-state index in [1.54, 1.807) is 14.2 Å². The van der Waals surface area contributed by atoms with Crippen LogP contribution in [0.2, 0.25) is 0 Å². The van der Waals surface area contributed by atoms with E-state index in [2.05, 4.69) is 24.4 Å². The van der Waals surface area contributed by atoms with Gasteiger partial charge in [0, 0.05) is 19.2 Å². The first kappa shape index (κ1) is 16.2. The van der Waals surface area contributed by atoms with Crippen molar-refractivity contribution in [3.8, 4) is 11.5 Å². The van der Waals surface area contributed by atoms with Gasteiger partial charge in [-0.1, -0.05) is 24.3 Å². The minimum Gasteiger partial charge on any atom is -0.495 e. The summed E-state index contributed by atoms with van der Waals surface area (Å²) in [5.41, 5.74) is 3.27. The number of hydrogen-bond acceptors (Lipinski definition) is 4. The Hall–Kier alpha value is -2.20. The molecular formula is C18H23NO3. The summed E-state index contributed by atoms with van der Waals surface area (Å²) < 4.78 is 16.2. The lowest BCUT2D eigenvalue weighted by Gasteiger charge is -2.15. The molecule has 0 radical (unpaired) electrons. The SMILES string of the molecule is COCCOc1ccccc1CNc1cc(C)ccc1OC. The third-order valence-electron chi connectivity index (χ3n) is 3.34. The molecule has 2 rings (SSSR count). The molecule has 0 atom stereocenters. The van der Waals surface area contributed by atoms with Gasteiger partial charge in [0.1, 0.15) is 18.1 Å². The number of rotatable bonds is 8. The highest BCUT2D eigenvalue weighted by molar-refractivity contribution is 5.58. The lowest BCUT2D eigenvalue weighted by atomic mass is 10.1. The molecule has 0 aromatic heterocycles. The van der Waals surface area contributed by atoms with Gasteiger partial charge in [-0.3, -0.25) is 0 Å². The van der Waals surface area contributed by atoms with Gasteiger partial charge in [0.05, 0.1) is 19.4 Å². The van der Waals surface area contributed by atoms with E-state index in [-0.39, 0.29) is 0 Å². The van der Waals surface area contributed by atoms with Crippen molar-refractivity contribution < 1.29 is 14.2 Å². The molecule has 22 heavy (non-hydrogen) atoms. The maximum absolute atomic E-state index is 5.75. The van der Waals surface area contributed by atoms with E-state index >= 15 is 0 Å². The summed E-state index contributed by atoms with van der Waals surface area (Å²) >= 11 is 0. The maximum atomic E-state index is 5.75. The van der Waals surface area contributed by atoms with E-state index in [1.807, 2.05) is 30.3 Å². The van der Waals surface area contributed by atoms with E-state index < -0.39 is 0 Å². The molecule has 0 heterocycles. The highest BCUT2D eigenvalue weighted by Crippen LogP contribution is 2.27. The third-order valence-corrected chi connectivity index (χ3v) is 3.34. The fourth-order valence-electron chi connectivity index (χ4n) is 2.18. The fraction of sp³-hybridized carbons (Fsp3) is 0.333. The highest BCUT2D eigenvalue weighted by atomic mass is 16.5. The summed E-state index contributed by atoms with van der Waals surface area (Å²) in [4.78, 5) is 0. The average Bonchev–Trinajstić information content (AvgIpc) is 2.54. The van der Waals surface area contributed by atoms with Crippen molar-refractivity contribution in [2.45, 2.75) is 13.5 Å². The number of aryl methyl sites for hydroxylation is 1. The molecule has 0 aliphatic carbocycles. The number of ether oxygens (including phenoxy) is 3. The van der Waals surface area contributed by atoms with Crippen molar-refractivity contribution in [1.82, 2.24) is 0 Å². The van der Waals surface area contributed by atoms with Crippen molar-refractivity contribution in [2.24, 2.45) is 0 Å². The van der Waals surface area contributed by atoms with Gasteiger partial charge >= 0.3 is 0 Å². The molecule has 0 aliphatic rings. The number of para-hydroxylation sites is 1. The lowest BCUT2D eigenvalue weighted by Crippen LogP contribution is -2.08. The number of hydrogen-bond donors (Lipinski definition) is 1. The van der Waals surface area contributed by atoms with Gasteiger partial charge in [-0.2, -0.15) is 0 Å². The zero-order chi connectivity index (χ0) is 15.8. The summed E-state index contributed by atoms with van der Waals surface area (Å²) in [6.45, 7) is 3.85. The largest absolute Gasteiger partial charge is 0.495 e. The van der Waals surface area contributed by atoms with Gasteiger partial charge in [0.2, 0.25) is 0 Å². The van der Waals surface area contributed by atoms with Crippen molar-refractivity contribution >= 4 is 5.69 Å². The summed E-state index contributed by atoms with van der Waals surface area (Å²) in [6.07, 6.45) is 0. The Morgan fingerprint density at radius 2 is 1.77 bits per heavy atom. The molecule has 2 aromatic carbocycles. The van der Waals surface area contributed by atoms with Crippen LogP contribution in [0.3, 0.4) is 0 Å². The molecule has 0 unspecified atom stereocenters. The quantitative estimate of drug-likeness (QED) is 0.756. The Morgan fingerprint density at radius 1 is 0.955 bits per heavy atom. The topological polar surface area (TPSA) is 39.7 Å². The Kier molecular flexibility index (Phi) is 6.10. The Labute approximate surface area is 132 Å². The lowest BCUT2D eigenvalue weighted by molar-refractivity contribution is 0.146. The predicted molar refractivity (Wildman–Crippen MR) is 88.9 cm³/mol. The van der Waals surface area contributed by atoms with Crippen LogP contribution in [-0.2, 0) is 11.3 Å². The van der Waals surface area contributed by atoms with Crippen molar-refractivity contribution in [1.29, 1.82) is 0 Å². The fourth-order valence-corrected chi connectivity index (χ4v) is 2.18. The zero-order valence-corrected chi connectivity index (χ0v) is 13.4. The number of methoxy groups -OCH3 is 2. The first-order valence-corrected chi connectivity index (χ1v) is 7.32. The molecule has 0 amide bonds. The molecular weight excluding hydrogens is 278 g/mol. The van der Waals surface area contributed by atoms with Crippen LogP contribution in [0.4, 0.5) is 5.69 Å². The number of benzene rings is 2. The minimum atomic E-state index is 0.543. The van der Waals surface area contributed by atoms with E-state index in [1.165, 1.54) is 5.56 Å².